The minimum Gasteiger partial charge on any atom is -0.494 e. The number of hydrogen-bond acceptors (Lipinski definition) is 5. The summed E-state index contributed by atoms with van der Waals surface area (Å²) >= 11 is 0. The van der Waals surface area contributed by atoms with Crippen molar-refractivity contribution in [3.05, 3.63) is 90.0 Å². The van der Waals surface area contributed by atoms with E-state index in [-0.39, 0.29) is 12.5 Å². The van der Waals surface area contributed by atoms with Crippen molar-refractivity contribution in [2.24, 2.45) is 5.10 Å². The van der Waals surface area contributed by atoms with E-state index >= 15 is 0 Å². The van der Waals surface area contributed by atoms with Gasteiger partial charge in [-0.25, -0.2) is 5.43 Å². The fourth-order valence-corrected chi connectivity index (χ4v) is 2.66. The van der Waals surface area contributed by atoms with Crippen molar-refractivity contribution in [2.75, 3.05) is 18.5 Å². The van der Waals surface area contributed by atoms with Gasteiger partial charge in [-0.1, -0.05) is 42.5 Å². The lowest BCUT2D eigenvalue weighted by atomic mass is 10.2. The zero-order valence-corrected chi connectivity index (χ0v) is 16.9. The Kier molecular flexibility index (Phi) is 7.85. The second-order valence-corrected chi connectivity index (χ2v) is 6.45. The standard InChI is InChI=1S/C24H25N3O3/c1-2-29-22-13-11-21(12-14-22)25-17-24(28)27-26-16-20-9-6-10-23(15-20)30-18-19-7-4-3-5-8-19/h3-16,25H,2,17-18H2,1H3,(H,27,28)/b26-16-. The third-order valence-electron chi connectivity index (χ3n) is 4.13. The van der Waals surface area contributed by atoms with Crippen LogP contribution in [-0.2, 0) is 11.4 Å². The normalized spacial score (nSPS) is 10.6. The van der Waals surface area contributed by atoms with Crippen molar-refractivity contribution in [3.8, 4) is 11.5 Å². The van der Waals surface area contributed by atoms with Crippen molar-refractivity contribution in [1.29, 1.82) is 0 Å². The smallest absolute Gasteiger partial charge is 0.259 e. The number of ether oxygens (including phenoxy) is 2. The number of nitrogens with one attached hydrogen (secondary N) is 2. The number of carbonyl (C=O) groups is 1. The van der Waals surface area contributed by atoms with Crippen molar-refractivity contribution in [3.63, 3.8) is 0 Å². The Labute approximate surface area is 176 Å². The minimum absolute atomic E-state index is 0.117. The molecule has 0 saturated heterocycles. The largest absolute Gasteiger partial charge is 0.494 e. The molecule has 0 aliphatic rings. The Morgan fingerprint density at radius 2 is 1.73 bits per heavy atom. The maximum absolute atomic E-state index is 12.0. The average molecular weight is 403 g/mol. The lowest BCUT2D eigenvalue weighted by Gasteiger charge is -2.07. The SMILES string of the molecule is CCOc1ccc(NCC(=O)N/N=C\c2cccc(OCc3ccccc3)c2)cc1. The molecule has 0 radical (unpaired) electrons. The van der Waals surface area contributed by atoms with E-state index < -0.39 is 0 Å². The highest BCUT2D eigenvalue weighted by Gasteiger charge is 2.01. The van der Waals surface area contributed by atoms with Crippen LogP contribution in [0.2, 0.25) is 0 Å². The Morgan fingerprint density at radius 1 is 0.933 bits per heavy atom. The Morgan fingerprint density at radius 3 is 2.50 bits per heavy atom. The molecule has 0 saturated carbocycles. The van der Waals surface area contributed by atoms with E-state index in [1.165, 1.54) is 0 Å². The number of hydrazone groups is 1. The number of amides is 1. The molecular weight excluding hydrogens is 378 g/mol. The van der Waals surface area contributed by atoms with E-state index in [0.29, 0.717) is 13.2 Å². The van der Waals surface area contributed by atoms with E-state index in [2.05, 4.69) is 15.8 Å². The monoisotopic (exact) mass is 403 g/mol. The van der Waals surface area contributed by atoms with Gasteiger partial charge in [-0.15, -0.1) is 0 Å². The third kappa shape index (κ3) is 6.98. The molecule has 0 atom stereocenters. The number of benzene rings is 3. The predicted molar refractivity (Wildman–Crippen MR) is 119 cm³/mol. The zero-order valence-electron chi connectivity index (χ0n) is 16.9. The van der Waals surface area contributed by atoms with Crippen molar-refractivity contribution < 1.29 is 14.3 Å². The van der Waals surface area contributed by atoms with Gasteiger partial charge in [0, 0.05) is 5.69 Å². The first-order valence-corrected chi connectivity index (χ1v) is 9.78. The van der Waals surface area contributed by atoms with Crippen LogP contribution >= 0.6 is 0 Å². The Balaban J connectivity index is 1.43. The first-order valence-electron chi connectivity index (χ1n) is 9.78. The molecule has 0 bridgehead atoms. The summed E-state index contributed by atoms with van der Waals surface area (Å²) in [6.07, 6.45) is 1.59. The first-order chi connectivity index (χ1) is 14.7. The quantitative estimate of drug-likeness (QED) is 0.393. The highest BCUT2D eigenvalue weighted by Crippen LogP contribution is 2.15. The van der Waals surface area contributed by atoms with Crippen LogP contribution in [0.25, 0.3) is 0 Å². The van der Waals surface area contributed by atoms with Crippen LogP contribution in [0.15, 0.2) is 84.0 Å². The molecule has 6 heteroatoms. The van der Waals surface area contributed by atoms with Crippen LogP contribution in [0.1, 0.15) is 18.1 Å². The van der Waals surface area contributed by atoms with Crippen LogP contribution in [0, 0.1) is 0 Å². The Hall–Kier alpha value is -3.80. The molecule has 154 valence electrons. The van der Waals surface area contributed by atoms with E-state index in [9.17, 15) is 4.79 Å². The van der Waals surface area contributed by atoms with Gasteiger partial charge in [0.2, 0.25) is 0 Å². The lowest BCUT2D eigenvalue weighted by molar-refractivity contribution is -0.119. The molecule has 2 N–H and O–H groups in total. The topological polar surface area (TPSA) is 72.0 Å². The second kappa shape index (κ2) is 11.3. The molecular formula is C24H25N3O3. The van der Waals surface area contributed by atoms with Gasteiger partial charge in [0.25, 0.3) is 5.91 Å². The van der Waals surface area contributed by atoms with E-state index in [4.69, 9.17) is 9.47 Å². The molecule has 0 spiro atoms. The summed E-state index contributed by atoms with van der Waals surface area (Å²) in [7, 11) is 0. The lowest BCUT2D eigenvalue weighted by Crippen LogP contribution is -2.25. The van der Waals surface area contributed by atoms with Crippen molar-refractivity contribution >= 4 is 17.8 Å². The summed E-state index contributed by atoms with van der Waals surface area (Å²) in [6.45, 7) is 3.17. The van der Waals surface area contributed by atoms with Gasteiger partial charge in [-0.05, 0) is 54.4 Å². The number of nitrogens with zero attached hydrogens (tertiary/aromatic N) is 1. The van der Waals surface area contributed by atoms with E-state index in [0.717, 1.165) is 28.3 Å². The van der Waals surface area contributed by atoms with Gasteiger partial charge in [0.05, 0.1) is 19.4 Å². The van der Waals surface area contributed by atoms with Crippen LogP contribution in [-0.4, -0.2) is 25.3 Å². The summed E-state index contributed by atoms with van der Waals surface area (Å²) in [4.78, 5) is 12.0. The van der Waals surface area contributed by atoms with Gasteiger partial charge < -0.3 is 14.8 Å². The molecule has 0 unspecified atom stereocenters. The van der Waals surface area contributed by atoms with Crippen LogP contribution < -0.4 is 20.2 Å². The molecule has 3 aromatic carbocycles. The minimum atomic E-state index is -0.239. The molecule has 0 fully saturated rings. The molecule has 1 amide bonds. The molecule has 30 heavy (non-hydrogen) atoms. The number of rotatable bonds is 10. The molecule has 3 aromatic rings. The van der Waals surface area contributed by atoms with Crippen LogP contribution in [0.3, 0.4) is 0 Å². The number of carbonyl (C=O) groups excluding carboxylic acids is 1. The maximum Gasteiger partial charge on any atom is 0.259 e. The highest BCUT2D eigenvalue weighted by molar-refractivity contribution is 5.84. The zero-order chi connectivity index (χ0) is 21.0. The Bertz CT molecular complexity index is 957. The van der Waals surface area contributed by atoms with E-state index in [1.54, 1.807) is 6.21 Å². The third-order valence-corrected chi connectivity index (χ3v) is 4.13. The van der Waals surface area contributed by atoms with Gasteiger partial charge in [0.1, 0.15) is 18.1 Å². The number of anilines is 1. The average Bonchev–Trinajstić information content (AvgIpc) is 2.78. The molecule has 0 aliphatic heterocycles. The van der Waals surface area contributed by atoms with Gasteiger partial charge in [-0.2, -0.15) is 5.10 Å². The molecule has 3 rings (SSSR count). The fraction of sp³-hybridized carbons (Fsp3) is 0.167. The van der Waals surface area contributed by atoms with Crippen LogP contribution in [0.5, 0.6) is 11.5 Å². The van der Waals surface area contributed by atoms with E-state index in [1.807, 2.05) is 85.8 Å². The van der Waals surface area contributed by atoms with Gasteiger partial charge in [-0.3, -0.25) is 4.79 Å². The van der Waals surface area contributed by atoms with Crippen molar-refractivity contribution in [1.82, 2.24) is 5.43 Å². The summed E-state index contributed by atoms with van der Waals surface area (Å²) in [6, 6.07) is 24.9. The van der Waals surface area contributed by atoms with Crippen LogP contribution in [0.4, 0.5) is 5.69 Å². The summed E-state index contributed by atoms with van der Waals surface area (Å²) in [5.41, 5.74) is 5.28. The molecule has 6 nitrogen and oxygen atoms in total. The maximum atomic E-state index is 12.0. The van der Waals surface area contributed by atoms with Crippen molar-refractivity contribution in [2.45, 2.75) is 13.5 Å². The number of hydrogen-bond donors (Lipinski definition) is 2. The summed E-state index contributed by atoms with van der Waals surface area (Å²) in [5, 5.41) is 7.05. The van der Waals surface area contributed by atoms with Gasteiger partial charge in [0.15, 0.2) is 0 Å². The summed E-state index contributed by atoms with van der Waals surface area (Å²) in [5.74, 6) is 1.30. The predicted octanol–water partition coefficient (Wildman–Crippen LogP) is 4.23. The summed E-state index contributed by atoms with van der Waals surface area (Å²) < 4.78 is 11.2. The molecule has 0 aromatic heterocycles. The van der Waals surface area contributed by atoms with Gasteiger partial charge >= 0.3 is 0 Å². The molecule has 0 heterocycles. The molecule has 0 aliphatic carbocycles. The highest BCUT2D eigenvalue weighted by atomic mass is 16.5. The second-order valence-electron chi connectivity index (χ2n) is 6.45. The fourth-order valence-electron chi connectivity index (χ4n) is 2.66. The first kappa shape index (κ1) is 20.9.